The van der Waals surface area contributed by atoms with E-state index in [-0.39, 0.29) is 6.04 Å². The summed E-state index contributed by atoms with van der Waals surface area (Å²) in [5, 5.41) is 0. The predicted octanol–water partition coefficient (Wildman–Crippen LogP) is 3.85. The lowest BCUT2D eigenvalue weighted by molar-refractivity contribution is 0.643. The Kier molecular flexibility index (Phi) is 7.46. The van der Waals surface area contributed by atoms with Gasteiger partial charge >= 0.3 is 0 Å². The maximum Gasteiger partial charge on any atom is 0.0374 e. The molecule has 0 saturated heterocycles. The number of nitrogens with two attached hydrogens (primary N) is 1. The molecule has 0 aliphatic carbocycles. The van der Waals surface area contributed by atoms with E-state index >= 15 is 0 Å². The number of hydrogen-bond acceptors (Lipinski definition) is 3. The van der Waals surface area contributed by atoms with Gasteiger partial charge in [-0.3, -0.25) is 0 Å². The zero-order valence-corrected chi connectivity index (χ0v) is 14.5. The molecule has 20 heavy (non-hydrogen) atoms. The molecule has 0 bridgehead atoms. The van der Waals surface area contributed by atoms with Crippen LogP contribution in [0.5, 0.6) is 0 Å². The molecule has 0 saturated carbocycles. The average Bonchev–Trinajstić information content (AvgIpc) is 2.45. The lowest BCUT2D eigenvalue weighted by Crippen LogP contribution is -2.33. The molecule has 0 fully saturated rings. The van der Waals surface area contributed by atoms with Crippen LogP contribution in [0.3, 0.4) is 0 Å². The van der Waals surface area contributed by atoms with Crippen molar-refractivity contribution in [3.63, 3.8) is 0 Å². The van der Waals surface area contributed by atoms with Crippen molar-refractivity contribution < 1.29 is 0 Å². The van der Waals surface area contributed by atoms with Gasteiger partial charge in [-0.2, -0.15) is 11.8 Å². The molecule has 2 N–H and O–H groups in total. The first-order valence-electron chi connectivity index (χ1n) is 7.60. The molecule has 0 aliphatic heterocycles. The van der Waals surface area contributed by atoms with Gasteiger partial charge in [0.05, 0.1) is 0 Å². The molecule has 1 aromatic carbocycles. The first kappa shape index (κ1) is 17.4. The highest BCUT2D eigenvalue weighted by molar-refractivity contribution is 7.98. The van der Waals surface area contributed by atoms with E-state index in [9.17, 15) is 0 Å². The third-order valence-electron chi connectivity index (χ3n) is 4.12. The second kappa shape index (κ2) is 8.58. The van der Waals surface area contributed by atoms with E-state index in [1.807, 2.05) is 11.8 Å². The van der Waals surface area contributed by atoms with E-state index in [4.69, 9.17) is 5.73 Å². The van der Waals surface area contributed by atoms with Crippen molar-refractivity contribution in [2.45, 2.75) is 52.1 Å². The van der Waals surface area contributed by atoms with Crippen LogP contribution >= 0.6 is 11.8 Å². The highest BCUT2D eigenvalue weighted by Gasteiger charge is 2.14. The molecule has 0 amide bonds. The van der Waals surface area contributed by atoms with Crippen molar-refractivity contribution in [3.8, 4) is 0 Å². The molecule has 0 aliphatic rings. The molecular formula is C17H30N2S. The molecule has 0 aromatic heterocycles. The van der Waals surface area contributed by atoms with Gasteiger partial charge in [0.15, 0.2) is 0 Å². The van der Waals surface area contributed by atoms with Crippen molar-refractivity contribution in [1.82, 2.24) is 0 Å². The van der Waals surface area contributed by atoms with Crippen LogP contribution in [0.2, 0.25) is 0 Å². The van der Waals surface area contributed by atoms with Gasteiger partial charge in [0.25, 0.3) is 0 Å². The topological polar surface area (TPSA) is 29.3 Å². The summed E-state index contributed by atoms with van der Waals surface area (Å²) in [5.41, 5.74) is 10.1. The van der Waals surface area contributed by atoms with Gasteiger partial charge in [-0.15, -0.1) is 0 Å². The fraction of sp³-hybridized carbons (Fsp3) is 0.647. The Bertz CT molecular complexity index is 406. The summed E-state index contributed by atoms with van der Waals surface area (Å²) in [5.74, 6) is 1.18. The van der Waals surface area contributed by atoms with Crippen LogP contribution in [0.15, 0.2) is 18.2 Å². The van der Waals surface area contributed by atoms with Crippen molar-refractivity contribution in [1.29, 1.82) is 0 Å². The zero-order valence-electron chi connectivity index (χ0n) is 13.6. The van der Waals surface area contributed by atoms with Gasteiger partial charge < -0.3 is 10.6 Å². The largest absolute Gasteiger partial charge is 0.371 e. The van der Waals surface area contributed by atoms with Crippen molar-refractivity contribution in [2.24, 2.45) is 5.73 Å². The van der Waals surface area contributed by atoms with Crippen LogP contribution in [-0.4, -0.2) is 31.1 Å². The van der Waals surface area contributed by atoms with Gasteiger partial charge in [0, 0.05) is 30.6 Å². The third kappa shape index (κ3) is 4.71. The number of nitrogens with zero attached hydrogens (tertiary/aromatic N) is 1. The van der Waals surface area contributed by atoms with Gasteiger partial charge in [-0.1, -0.05) is 19.9 Å². The van der Waals surface area contributed by atoms with Crippen LogP contribution < -0.4 is 10.6 Å². The highest BCUT2D eigenvalue weighted by Crippen LogP contribution is 2.23. The normalized spacial score (nSPS) is 14.1. The van der Waals surface area contributed by atoms with Crippen LogP contribution in [0.1, 0.15) is 37.8 Å². The number of thioether (sulfide) groups is 1. The second-order valence-electron chi connectivity index (χ2n) is 5.61. The van der Waals surface area contributed by atoms with E-state index in [1.54, 1.807) is 0 Å². The maximum absolute atomic E-state index is 6.07. The predicted molar refractivity (Wildman–Crippen MR) is 94.0 cm³/mol. The van der Waals surface area contributed by atoms with E-state index in [2.05, 4.69) is 57.2 Å². The lowest BCUT2D eigenvalue weighted by atomic mass is 9.99. The Labute approximate surface area is 129 Å². The molecule has 0 spiro atoms. The molecule has 0 heterocycles. The average molecular weight is 295 g/mol. The monoisotopic (exact) mass is 294 g/mol. The smallest absolute Gasteiger partial charge is 0.0374 e. The minimum atomic E-state index is 0.275. The number of anilines is 1. The highest BCUT2D eigenvalue weighted by atomic mass is 32.2. The van der Waals surface area contributed by atoms with E-state index in [0.29, 0.717) is 6.04 Å². The summed E-state index contributed by atoms with van der Waals surface area (Å²) in [7, 11) is 2.20. The molecule has 114 valence electrons. The van der Waals surface area contributed by atoms with Gasteiger partial charge in [0.2, 0.25) is 0 Å². The summed E-state index contributed by atoms with van der Waals surface area (Å²) >= 11 is 1.92. The van der Waals surface area contributed by atoms with Gasteiger partial charge in [0.1, 0.15) is 0 Å². The van der Waals surface area contributed by atoms with Crippen LogP contribution in [0.4, 0.5) is 5.69 Å². The Morgan fingerprint density at radius 2 is 1.95 bits per heavy atom. The van der Waals surface area contributed by atoms with Crippen LogP contribution in [0, 0.1) is 6.92 Å². The minimum Gasteiger partial charge on any atom is -0.371 e. The summed E-state index contributed by atoms with van der Waals surface area (Å²) < 4.78 is 0. The number of rotatable bonds is 8. The number of hydrogen-bond donors (Lipinski definition) is 1. The summed E-state index contributed by atoms with van der Waals surface area (Å²) in [6, 6.07) is 7.68. The molecular weight excluding hydrogens is 264 g/mol. The van der Waals surface area contributed by atoms with E-state index < -0.39 is 0 Å². The molecule has 0 radical (unpaired) electrons. The number of aryl methyl sites for hydroxylation is 1. The summed E-state index contributed by atoms with van der Waals surface area (Å²) in [4.78, 5) is 2.41. The van der Waals surface area contributed by atoms with Gasteiger partial charge in [-0.25, -0.2) is 0 Å². The standard InChI is InChI=1S/C17H30N2S/c1-6-15(18)11-14-8-9-17(10-13(14)3)19(4)16(7-2)12-20-5/h8-10,15-16H,6-7,11-12,18H2,1-5H3. The fourth-order valence-corrected chi connectivity index (χ4v) is 3.31. The Hall–Kier alpha value is -0.670. The summed E-state index contributed by atoms with van der Waals surface area (Å²) in [6.45, 7) is 6.61. The lowest BCUT2D eigenvalue weighted by Gasteiger charge is -2.29. The SMILES string of the molecule is CCC(N)Cc1ccc(N(C)C(CC)CSC)cc1C. The number of benzene rings is 1. The quantitative estimate of drug-likeness (QED) is 0.789. The van der Waals surface area contributed by atoms with Crippen molar-refractivity contribution in [3.05, 3.63) is 29.3 Å². The Balaban J connectivity index is 2.85. The molecule has 1 rings (SSSR count). The molecule has 3 heteroatoms. The van der Waals surface area contributed by atoms with E-state index in [1.165, 1.54) is 29.0 Å². The fourth-order valence-electron chi connectivity index (χ4n) is 2.46. The molecule has 1 aromatic rings. The van der Waals surface area contributed by atoms with Crippen LogP contribution in [-0.2, 0) is 6.42 Å². The maximum atomic E-state index is 6.07. The van der Waals surface area contributed by atoms with Crippen LogP contribution in [0.25, 0.3) is 0 Å². The Morgan fingerprint density at radius 3 is 2.45 bits per heavy atom. The van der Waals surface area contributed by atoms with E-state index in [0.717, 1.165) is 12.8 Å². The second-order valence-corrected chi connectivity index (χ2v) is 6.52. The molecule has 2 unspecified atom stereocenters. The minimum absolute atomic E-state index is 0.275. The van der Waals surface area contributed by atoms with Gasteiger partial charge in [-0.05, 0) is 55.7 Å². The Morgan fingerprint density at radius 1 is 1.25 bits per heavy atom. The molecule has 2 atom stereocenters. The first-order chi connectivity index (χ1) is 9.53. The summed E-state index contributed by atoms with van der Waals surface area (Å²) in [6.07, 6.45) is 5.37. The van der Waals surface area contributed by atoms with Crippen molar-refractivity contribution >= 4 is 17.4 Å². The first-order valence-corrected chi connectivity index (χ1v) is 8.99. The zero-order chi connectivity index (χ0) is 15.1. The molecule has 2 nitrogen and oxygen atoms in total. The third-order valence-corrected chi connectivity index (χ3v) is 4.84. The van der Waals surface area contributed by atoms with Crippen molar-refractivity contribution in [2.75, 3.05) is 24.0 Å².